The average molecular weight is 302 g/mol. The van der Waals surface area contributed by atoms with Crippen LogP contribution in [0.3, 0.4) is 0 Å². The lowest BCUT2D eigenvalue weighted by molar-refractivity contribution is -0.135. The van der Waals surface area contributed by atoms with Crippen LogP contribution in [-0.4, -0.2) is 71.7 Å². The molecular weight excluding hydrogens is 284 g/mol. The smallest absolute Gasteiger partial charge is 0.256 e. The Morgan fingerprint density at radius 3 is 2.91 bits per heavy atom. The topological polar surface area (TPSA) is 78.5 Å². The molecule has 7 heteroatoms. The molecule has 1 saturated heterocycles. The summed E-state index contributed by atoms with van der Waals surface area (Å²) in [4.78, 5) is 27.9. The number of aromatic nitrogens is 2. The van der Waals surface area contributed by atoms with Crippen LogP contribution < -0.4 is 0 Å². The van der Waals surface area contributed by atoms with E-state index in [4.69, 9.17) is 4.74 Å². The van der Waals surface area contributed by atoms with E-state index in [0.29, 0.717) is 37.4 Å². The number of hydrogen-bond acceptors (Lipinski definition) is 4. The summed E-state index contributed by atoms with van der Waals surface area (Å²) < 4.78 is 5.23. The van der Waals surface area contributed by atoms with Gasteiger partial charge in [0, 0.05) is 25.5 Å². The Labute approximate surface area is 127 Å². The van der Waals surface area contributed by atoms with Crippen LogP contribution in [0.1, 0.15) is 10.4 Å². The second-order valence-corrected chi connectivity index (χ2v) is 5.29. The number of rotatable bonds is 3. The summed E-state index contributed by atoms with van der Waals surface area (Å²) in [6.07, 6.45) is 1.67. The number of aromatic amines is 1. The highest BCUT2D eigenvalue weighted by Gasteiger charge is 2.22. The van der Waals surface area contributed by atoms with Gasteiger partial charge in [-0.3, -0.25) is 14.7 Å². The van der Waals surface area contributed by atoms with Crippen LogP contribution in [0.15, 0.2) is 24.4 Å². The number of para-hydroxylation sites is 1. The number of hydrogen-bond donors (Lipinski definition) is 1. The number of nitrogens with zero attached hydrogens (tertiary/aromatic N) is 3. The molecule has 3 rings (SSSR count). The van der Waals surface area contributed by atoms with E-state index in [1.165, 1.54) is 4.90 Å². The standard InChI is InChI=1S/C15H18N4O3/c1-18(10-13(20)19-5-7-22-8-6-19)15(21)12-4-2-3-11-9-16-17-14(11)12/h2-4,9H,5-8,10H2,1H3,(H,16,17). The fraction of sp³-hybridized carbons (Fsp3) is 0.400. The molecule has 0 bridgehead atoms. The molecule has 0 radical (unpaired) electrons. The quantitative estimate of drug-likeness (QED) is 0.895. The van der Waals surface area contributed by atoms with Gasteiger partial charge in [0.2, 0.25) is 5.91 Å². The molecular formula is C15H18N4O3. The highest BCUT2D eigenvalue weighted by atomic mass is 16.5. The SMILES string of the molecule is CN(CC(=O)N1CCOCC1)C(=O)c1cccc2cn[nH]c12. The summed E-state index contributed by atoms with van der Waals surface area (Å²) >= 11 is 0. The number of carbonyl (C=O) groups is 2. The van der Waals surface area contributed by atoms with Gasteiger partial charge in [-0.1, -0.05) is 12.1 Å². The van der Waals surface area contributed by atoms with Crippen LogP contribution in [0.5, 0.6) is 0 Å². The molecule has 0 unspecified atom stereocenters. The number of fused-ring (bicyclic) bond motifs is 1. The van der Waals surface area contributed by atoms with Crippen molar-refractivity contribution in [2.75, 3.05) is 39.9 Å². The lowest BCUT2D eigenvalue weighted by Gasteiger charge is -2.28. The molecule has 22 heavy (non-hydrogen) atoms. The number of H-pyrrole nitrogens is 1. The zero-order valence-corrected chi connectivity index (χ0v) is 12.4. The van der Waals surface area contributed by atoms with Crippen molar-refractivity contribution in [3.63, 3.8) is 0 Å². The first kappa shape index (κ1) is 14.5. The summed E-state index contributed by atoms with van der Waals surface area (Å²) in [6.45, 7) is 2.32. The van der Waals surface area contributed by atoms with Gasteiger partial charge in [0.25, 0.3) is 5.91 Å². The van der Waals surface area contributed by atoms with E-state index in [1.807, 2.05) is 12.1 Å². The zero-order chi connectivity index (χ0) is 15.5. The number of nitrogens with one attached hydrogen (secondary N) is 1. The van der Waals surface area contributed by atoms with Crippen molar-refractivity contribution in [1.82, 2.24) is 20.0 Å². The number of amides is 2. The fourth-order valence-corrected chi connectivity index (χ4v) is 2.54. The minimum atomic E-state index is -0.198. The molecule has 1 fully saturated rings. The molecule has 2 heterocycles. The van der Waals surface area contributed by atoms with Crippen molar-refractivity contribution in [3.05, 3.63) is 30.0 Å². The zero-order valence-electron chi connectivity index (χ0n) is 12.4. The van der Waals surface area contributed by atoms with Crippen LogP contribution in [0.25, 0.3) is 10.9 Å². The highest BCUT2D eigenvalue weighted by molar-refractivity contribution is 6.06. The fourth-order valence-electron chi connectivity index (χ4n) is 2.54. The number of carbonyl (C=O) groups excluding carboxylic acids is 2. The Kier molecular flexibility index (Phi) is 4.06. The minimum Gasteiger partial charge on any atom is -0.378 e. The van der Waals surface area contributed by atoms with Crippen molar-refractivity contribution in [2.24, 2.45) is 0 Å². The molecule has 7 nitrogen and oxygen atoms in total. The van der Waals surface area contributed by atoms with E-state index in [9.17, 15) is 9.59 Å². The summed E-state index contributed by atoms with van der Waals surface area (Å²) in [5, 5.41) is 7.66. The summed E-state index contributed by atoms with van der Waals surface area (Å²) in [5.41, 5.74) is 1.21. The van der Waals surface area contributed by atoms with E-state index in [-0.39, 0.29) is 18.4 Å². The van der Waals surface area contributed by atoms with Gasteiger partial charge in [0.1, 0.15) is 0 Å². The predicted molar refractivity (Wildman–Crippen MR) is 80.5 cm³/mol. The van der Waals surface area contributed by atoms with Gasteiger partial charge in [0.15, 0.2) is 0 Å². The van der Waals surface area contributed by atoms with Crippen molar-refractivity contribution in [1.29, 1.82) is 0 Å². The van der Waals surface area contributed by atoms with E-state index in [0.717, 1.165) is 5.39 Å². The second-order valence-electron chi connectivity index (χ2n) is 5.29. The highest BCUT2D eigenvalue weighted by Crippen LogP contribution is 2.17. The Morgan fingerprint density at radius 1 is 1.36 bits per heavy atom. The van der Waals surface area contributed by atoms with Crippen LogP contribution in [0.4, 0.5) is 0 Å². The molecule has 0 saturated carbocycles. The van der Waals surface area contributed by atoms with Gasteiger partial charge >= 0.3 is 0 Å². The third kappa shape index (κ3) is 2.80. The third-order valence-electron chi connectivity index (χ3n) is 3.79. The maximum Gasteiger partial charge on any atom is 0.256 e. The van der Waals surface area contributed by atoms with E-state index >= 15 is 0 Å². The van der Waals surface area contributed by atoms with Gasteiger partial charge in [-0.2, -0.15) is 5.10 Å². The third-order valence-corrected chi connectivity index (χ3v) is 3.79. The Morgan fingerprint density at radius 2 is 2.14 bits per heavy atom. The first-order valence-electron chi connectivity index (χ1n) is 7.20. The van der Waals surface area contributed by atoms with E-state index in [1.54, 1.807) is 24.2 Å². The maximum absolute atomic E-state index is 12.6. The Hall–Kier alpha value is -2.41. The van der Waals surface area contributed by atoms with E-state index < -0.39 is 0 Å². The van der Waals surface area contributed by atoms with Crippen LogP contribution in [-0.2, 0) is 9.53 Å². The normalized spacial score (nSPS) is 15.0. The van der Waals surface area contributed by atoms with Gasteiger partial charge in [-0.15, -0.1) is 0 Å². The van der Waals surface area contributed by atoms with Crippen LogP contribution >= 0.6 is 0 Å². The van der Waals surface area contributed by atoms with Gasteiger partial charge in [-0.05, 0) is 6.07 Å². The molecule has 1 N–H and O–H groups in total. The molecule has 1 aromatic carbocycles. The monoisotopic (exact) mass is 302 g/mol. The summed E-state index contributed by atoms with van der Waals surface area (Å²) in [7, 11) is 1.63. The van der Waals surface area contributed by atoms with Crippen molar-refractivity contribution in [2.45, 2.75) is 0 Å². The molecule has 0 aliphatic carbocycles. The van der Waals surface area contributed by atoms with Crippen LogP contribution in [0.2, 0.25) is 0 Å². The number of likely N-dealkylation sites (N-methyl/N-ethyl adjacent to an activating group) is 1. The lowest BCUT2D eigenvalue weighted by Crippen LogP contribution is -2.46. The number of morpholine rings is 1. The first-order valence-corrected chi connectivity index (χ1v) is 7.20. The van der Waals surface area contributed by atoms with Gasteiger partial charge in [-0.25, -0.2) is 0 Å². The molecule has 0 atom stereocenters. The van der Waals surface area contributed by atoms with Gasteiger partial charge in [0.05, 0.1) is 37.0 Å². The molecule has 116 valence electrons. The average Bonchev–Trinajstić information content (AvgIpc) is 3.03. The Bertz CT molecular complexity index is 691. The summed E-state index contributed by atoms with van der Waals surface area (Å²) in [6, 6.07) is 5.43. The molecule has 0 spiro atoms. The maximum atomic E-state index is 12.6. The largest absolute Gasteiger partial charge is 0.378 e. The molecule has 2 aromatic rings. The van der Waals surface area contributed by atoms with E-state index in [2.05, 4.69) is 10.2 Å². The number of benzene rings is 1. The van der Waals surface area contributed by atoms with Crippen molar-refractivity contribution < 1.29 is 14.3 Å². The molecule has 1 aliphatic heterocycles. The molecule has 2 amide bonds. The predicted octanol–water partition coefficient (Wildman–Crippen LogP) is 0.494. The van der Waals surface area contributed by atoms with Gasteiger partial charge < -0.3 is 14.5 Å². The molecule has 1 aliphatic rings. The minimum absolute atomic E-state index is 0.0589. The second kappa shape index (κ2) is 6.15. The first-order chi connectivity index (χ1) is 10.7. The van der Waals surface area contributed by atoms with Crippen LogP contribution in [0, 0.1) is 0 Å². The number of ether oxygens (including phenoxy) is 1. The lowest BCUT2D eigenvalue weighted by atomic mass is 10.1. The Balaban J connectivity index is 1.71. The van der Waals surface area contributed by atoms with Crippen molar-refractivity contribution >= 4 is 22.7 Å². The molecule has 1 aromatic heterocycles. The van der Waals surface area contributed by atoms with Crippen molar-refractivity contribution in [3.8, 4) is 0 Å². The summed E-state index contributed by atoms with van der Waals surface area (Å²) in [5.74, 6) is -0.257.